The van der Waals surface area contributed by atoms with E-state index in [4.69, 9.17) is 10.2 Å². The van der Waals surface area contributed by atoms with Crippen molar-refractivity contribution in [2.45, 2.75) is 215 Å². The van der Waals surface area contributed by atoms with Gasteiger partial charge in [-0.15, -0.1) is 0 Å². The van der Waals surface area contributed by atoms with Gasteiger partial charge in [0.25, 0.3) is 0 Å². The van der Waals surface area contributed by atoms with Gasteiger partial charge in [0.05, 0.1) is 5.92 Å². The number of unbranched alkanes of at least 4 members (excludes halogenated alkanes) is 17. The topological polar surface area (TPSA) is 112 Å². The quantitative estimate of drug-likeness (QED) is 0.0786. The second-order valence-electron chi connectivity index (χ2n) is 16.7. The van der Waals surface area contributed by atoms with Crippen molar-refractivity contribution in [3.8, 4) is 0 Å². The summed E-state index contributed by atoms with van der Waals surface area (Å²) in [6, 6.07) is 9.66. The molecule has 1 atom stereocenters. The number of carboxylic acid groups (broad SMARTS) is 3. The van der Waals surface area contributed by atoms with Crippen LogP contribution in [0.4, 0.5) is 0 Å². The van der Waals surface area contributed by atoms with Crippen LogP contribution >= 0.6 is 0 Å². The molecule has 0 radical (unpaired) electrons. The monoisotopic (exact) mass is 705 g/mol. The lowest BCUT2D eigenvalue weighted by Crippen LogP contribution is -2.11. The van der Waals surface area contributed by atoms with Gasteiger partial charge in [-0.3, -0.25) is 14.4 Å². The predicted molar refractivity (Wildman–Crippen MR) is 212 cm³/mol. The molecular weight excluding hydrogens is 624 g/mol. The Kier molecular flexibility index (Phi) is 32.4. The lowest BCUT2D eigenvalue weighted by molar-refractivity contribution is -0.139. The molecule has 1 aromatic rings. The molecule has 6 heteroatoms. The SMILES string of the molecule is CC(C)(C)CCCCCC(=O)O.CC(C)(C)CCCCCC(=O)O.CCCCCCCCCCCCCCCCC(C(=O)O)c1ccccc1. The molecule has 1 aromatic carbocycles. The third-order valence-electron chi connectivity index (χ3n) is 8.98. The van der Waals surface area contributed by atoms with Gasteiger partial charge < -0.3 is 15.3 Å². The van der Waals surface area contributed by atoms with Gasteiger partial charge in [-0.1, -0.05) is 194 Å². The Morgan fingerprint density at radius 1 is 0.500 bits per heavy atom. The van der Waals surface area contributed by atoms with Gasteiger partial charge in [-0.05, 0) is 48.5 Å². The molecule has 0 aliphatic heterocycles. The first-order valence-electron chi connectivity index (χ1n) is 20.3. The lowest BCUT2D eigenvalue weighted by atomic mass is 9.89. The first-order chi connectivity index (χ1) is 23.6. The molecule has 50 heavy (non-hydrogen) atoms. The van der Waals surface area contributed by atoms with E-state index in [1.807, 2.05) is 30.3 Å². The lowest BCUT2D eigenvalue weighted by Gasteiger charge is -2.17. The summed E-state index contributed by atoms with van der Waals surface area (Å²) in [5.41, 5.74) is 1.72. The van der Waals surface area contributed by atoms with Gasteiger partial charge >= 0.3 is 17.9 Å². The van der Waals surface area contributed by atoms with Gasteiger partial charge in [0.2, 0.25) is 0 Å². The van der Waals surface area contributed by atoms with E-state index in [0.717, 1.165) is 63.4 Å². The van der Waals surface area contributed by atoms with Gasteiger partial charge in [-0.25, -0.2) is 0 Å². The van der Waals surface area contributed by atoms with E-state index in [1.54, 1.807) is 0 Å². The Morgan fingerprint density at radius 2 is 0.840 bits per heavy atom. The molecule has 0 aliphatic rings. The summed E-state index contributed by atoms with van der Waals surface area (Å²) in [7, 11) is 0. The van der Waals surface area contributed by atoms with Crippen LogP contribution in [0.3, 0.4) is 0 Å². The van der Waals surface area contributed by atoms with E-state index in [0.29, 0.717) is 23.7 Å². The van der Waals surface area contributed by atoms with Crippen LogP contribution in [-0.2, 0) is 14.4 Å². The molecule has 0 spiro atoms. The van der Waals surface area contributed by atoms with Crippen molar-refractivity contribution in [1.29, 1.82) is 0 Å². The van der Waals surface area contributed by atoms with Crippen molar-refractivity contribution < 1.29 is 29.7 Å². The van der Waals surface area contributed by atoms with Gasteiger partial charge in [-0.2, -0.15) is 0 Å². The van der Waals surface area contributed by atoms with E-state index in [-0.39, 0.29) is 5.92 Å². The van der Waals surface area contributed by atoms with Crippen molar-refractivity contribution in [1.82, 2.24) is 0 Å². The molecule has 0 saturated heterocycles. The third kappa shape index (κ3) is 40.1. The molecule has 0 saturated carbocycles. The molecular formula is C44H80O6. The number of hydrogen-bond donors (Lipinski definition) is 3. The Morgan fingerprint density at radius 3 is 1.16 bits per heavy atom. The first-order valence-corrected chi connectivity index (χ1v) is 20.3. The fraction of sp³-hybridized carbons (Fsp3) is 0.795. The molecule has 0 heterocycles. The Hall–Kier alpha value is -2.37. The van der Waals surface area contributed by atoms with E-state index < -0.39 is 17.9 Å². The predicted octanol–water partition coefficient (Wildman–Crippen LogP) is 13.9. The summed E-state index contributed by atoms with van der Waals surface area (Å²) in [6.45, 7) is 15.5. The average molecular weight is 705 g/mol. The van der Waals surface area contributed by atoms with Gasteiger partial charge in [0, 0.05) is 12.8 Å². The smallest absolute Gasteiger partial charge is 0.310 e. The summed E-state index contributed by atoms with van der Waals surface area (Å²) in [5.74, 6) is -2.38. The van der Waals surface area contributed by atoms with Gasteiger partial charge in [0.15, 0.2) is 0 Å². The summed E-state index contributed by atoms with van der Waals surface area (Å²) < 4.78 is 0. The standard InChI is InChI=1S/C24H40O2.2C10H20O2/c1-2-3-4-5-6-7-8-9-10-11-12-13-14-18-21-23(24(25)26)22-19-16-15-17-20-22;2*1-10(2,3)8-6-4-5-7-9(11)12/h15-17,19-20,23H,2-14,18,21H2,1H3,(H,25,26);2*4-8H2,1-3H3,(H,11,12). The Bertz CT molecular complexity index is 894. The van der Waals surface area contributed by atoms with E-state index in [9.17, 15) is 19.5 Å². The minimum absolute atomic E-state index is 0.324. The molecule has 3 N–H and O–H groups in total. The van der Waals surface area contributed by atoms with Crippen LogP contribution in [0.2, 0.25) is 0 Å². The molecule has 0 amide bonds. The second kappa shape index (κ2) is 32.5. The second-order valence-corrected chi connectivity index (χ2v) is 16.7. The summed E-state index contributed by atoms with van der Waals surface area (Å²) in [5, 5.41) is 26.2. The van der Waals surface area contributed by atoms with Crippen LogP contribution in [-0.4, -0.2) is 33.2 Å². The minimum Gasteiger partial charge on any atom is -0.481 e. The number of hydrogen-bond acceptors (Lipinski definition) is 3. The van der Waals surface area contributed by atoms with E-state index in [1.165, 1.54) is 89.9 Å². The summed E-state index contributed by atoms with van der Waals surface area (Å²) in [4.78, 5) is 31.8. The molecule has 292 valence electrons. The van der Waals surface area contributed by atoms with Crippen LogP contribution in [0, 0.1) is 10.8 Å². The fourth-order valence-corrected chi connectivity index (χ4v) is 5.88. The molecule has 1 rings (SSSR count). The highest BCUT2D eigenvalue weighted by Gasteiger charge is 2.18. The maximum Gasteiger partial charge on any atom is 0.310 e. The van der Waals surface area contributed by atoms with Gasteiger partial charge in [0.1, 0.15) is 0 Å². The number of carboxylic acids is 3. The van der Waals surface area contributed by atoms with Crippen molar-refractivity contribution in [3.05, 3.63) is 35.9 Å². The number of carbonyl (C=O) groups is 3. The normalized spacial score (nSPS) is 11.9. The summed E-state index contributed by atoms with van der Waals surface area (Å²) in [6.07, 6.45) is 28.5. The highest BCUT2D eigenvalue weighted by atomic mass is 16.4. The summed E-state index contributed by atoms with van der Waals surface area (Å²) >= 11 is 0. The number of rotatable bonds is 27. The van der Waals surface area contributed by atoms with E-state index >= 15 is 0 Å². The highest BCUT2D eigenvalue weighted by Crippen LogP contribution is 2.24. The zero-order valence-corrected chi connectivity index (χ0v) is 33.7. The third-order valence-corrected chi connectivity index (χ3v) is 8.98. The molecule has 0 aromatic heterocycles. The largest absolute Gasteiger partial charge is 0.481 e. The average Bonchev–Trinajstić information content (AvgIpc) is 3.02. The van der Waals surface area contributed by atoms with Crippen LogP contribution in [0.1, 0.15) is 220 Å². The Balaban J connectivity index is 0. The molecule has 1 unspecified atom stereocenters. The van der Waals surface area contributed by atoms with Crippen molar-refractivity contribution in [3.63, 3.8) is 0 Å². The molecule has 0 aliphatic carbocycles. The molecule has 0 fully saturated rings. The Labute approximate surface area is 308 Å². The molecule has 6 nitrogen and oxygen atoms in total. The van der Waals surface area contributed by atoms with Crippen LogP contribution in [0.5, 0.6) is 0 Å². The first kappa shape index (κ1) is 49.7. The molecule has 0 bridgehead atoms. The van der Waals surface area contributed by atoms with Crippen molar-refractivity contribution in [2.24, 2.45) is 10.8 Å². The highest BCUT2D eigenvalue weighted by molar-refractivity contribution is 5.76. The van der Waals surface area contributed by atoms with Crippen LogP contribution in [0.25, 0.3) is 0 Å². The van der Waals surface area contributed by atoms with Crippen LogP contribution < -0.4 is 0 Å². The van der Waals surface area contributed by atoms with E-state index in [2.05, 4.69) is 48.5 Å². The zero-order chi connectivity index (χ0) is 38.1. The number of aliphatic carboxylic acids is 3. The van der Waals surface area contributed by atoms with Crippen molar-refractivity contribution in [2.75, 3.05) is 0 Å². The number of benzene rings is 1. The zero-order valence-electron chi connectivity index (χ0n) is 33.7. The minimum atomic E-state index is -0.689. The van der Waals surface area contributed by atoms with Crippen molar-refractivity contribution >= 4 is 17.9 Å². The maximum atomic E-state index is 11.5. The fourth-order valence-electron chi connectivity index (χ4n) is 5.88. The van der Waals surface area contributed by atoms with Crippen LogP contribution in [0.15, 0.2) is 30.3 Å². The maximum absolute atomic E-state index is 11.5.